The number of carboxylic acids is 1. The van der Waals surface area contributed by atoms with Crippen molar-refractivity contribution in [1.29, 1.82) is 0 Å². The fourth-order valence-electron chi connectivity index (χ4n) is 3.56. The van der Waals surface area contributed by atoms with Crippen LogP contribution in [0.15, 0.2) is 18.2 Å². The fraction of sp³-hybridized carbons (Fsp3) is 0.682. The van der Waals surface area contributed by atoms with E-state index in [-0.39, 0.29) is 11.1 Å². The lowest BCUT2D eigenvalue weighted by molar-refractivity contribution is -0.530. The molecule has 1 aromatic carbocycles. The maximum absolute atomic E-state index is 11.4. The maximum Gasteiger partial charge on any atom is 0.339 e. The van der Waals surface area contributed by atoms with Gasteiger partial charge in [-0.15, -0.1) is 0 Å². The fourth-order valence-corrected chi connectivity index (χ4v) is 3.56. The molecule has 0 fully saturated rings. The molecule has 0 radical (unpaired) electrons. The van der Waals surface area contributed by atoms with Crippen LogP contribution < -0.4 is 0 Å². The van der Waals surface area contributed by atoms with Gasteiger partial charge in [0.05, 0.1) is 5.56 Å². The van der Waals surface area contributed by atoms with Crippen molar-refractivity contribution in [3.05, 3.63) is 39.4 Å². The molecule has 1 aromatic rings. The van der Waals surface area contributed by atoms with Crippen LogP contribution in [0.25, 0.3) is 0 Å². The molecule has 0 aliphatic heterocycles. The molecule has 0 aromatic heterocycles. The van der Waals surface area contributed by atoms with Gasteiger partial charge >= 0.3 is 5.97 Å². The van der Waals surface area contributed by atoms with Gasteiger partial charge in [-0.1, -0.05) is 83.6 Å². The van der Waals surface area contributed by atoms with E-state index in [0.717, 1.165) is 19.3 Å². The number of carboxylic acid groups (broad SMARTS) is 1. The highest BCUT2D eigenvalue weighted by atomic mass is 16.6. The summed E-state index contributed by atoms with van der Waals surface area (Å²) >= 11 is 0. The van der Waals surface area contributed by atoms with Crippen molar-refractivity contribution in [2.45, 2.75) is 96.4 Å². The van der Waals surface area contributed by atoms with E-state index < -0.39 is 22.7 Å². The molecule has 1 unspecified atom stereocenters. The number of aromatic carboxylic acids is 1. The molecule has 1 atom stereocenters. The quantitative estimate of drug-likeness (QED) is 0.190. The second-order valence-electron chi connectivity index (χ2n) is 7.53. The van der Waals surface area contributed by atoms with Gasteiger partial charge in [-0.25, -0.2) is 4.79 Å². The summed E-state index contributed by atoms with van der Waals surface area (Å²) in [7, 11) is 0. The Kier molecular flexibility index (Phi) is 11.9. The summed E-state index contributed by atoms with van der Waals surface area (Å²) in [5, 5.41) is 30.6. The summed E-state index contributed by atoms with van der Waals surface area (Å²) < 4.78 is 0. The lowest BCUT2D eigenvalue weighted by Crippen LogP contribution is -2.12. The number of rotatable bonds is 16. The first kappa shape index (κ1) is 23.9. The number of para-hydroxylation sites is 1. The SMILES string of the molecule is CCCCCCCCCCCCCCC(c1cccc(C(=O)O)c1O)[N+](=O)[O-]. The number of phenols is 1. The Hall–Kier alpha value is -2.11. The number of hydrogen-bond acceptors (Lipinski definition) is 4. The molecule has 0 saturated heterocycles. The lowest BCUT2D eigenvalue weighted by Gasteiger charge is -2.12. The minimum atomic E-state index is -1.29. The van der Waals surface area contributed by atoms with E-state index in [4.69, 9.17) is 5.11 Å². The van der Waals surface area contributed by atoms with Crippen LogP contribution in [-0.2, 0) is 0 Å². The van der Waals surface area contributed by atoms with Crippen molar-refractivity contribution in [3.63, 3.8) is 0 Å². The second-order valence-corrected chi connectivity index (χ2v) is 7.53. The Morgan fingerprint density at radius 1 is 0.964 bits per heavy atom. The zero-order valence-corrected chi connectivity index (χ0v) is 17.1. The van der Waals surface area contributed by atoms with Crippen LogP contribution in [0.3, 0.4) is 0 Å². The minimum Gasteiger partial charge on any atom is -0.506 e. The highest BCUT2D eigenvalue weighted by Gasteiger charge is 2.27. The van der Waals surface area contributed by atoms with Crippen LogP contribution in [0.5, 0.6) is 5.75 Å². The van der Waals surface area contributed by atoms with Crippen molar-refractivity contribution in [3.8, 4) is 5.75 Å². The van der Waals surface area contributed by atoms with E-state index in [9.17, 15) is 20.0 Å². The average Bonchev–Trinajstić information content (AvgIpc) is 2.66. The minimum absolute atomic E-state index is 0.0907. The van der Waals surface area contributed by atoms with Crippen LogP contribution in [0.4, 0.5) is 0 Å². The van der Waals surface area contributed by atoms with Crippen LogP contribution in [0.2, 0.25) is 0 Å². The third kappa shape index (κ3) is 8.72. The first-order valence-electron chi connectivity index (χ1n) is 10.7. The molecular formula is C22H35NO5. The molecule has 0 amide bonds. The molecule has 0 saturated carbocycles. The summed E-state index contributed by atoms with van der Waals surface area (Å²) in [6, 6.07) is 3.07. The predicted octanol–water partition coefficient (Wildman–Crippen LogP) is 6.50. The van der Waals surface area contributed by atoms with Gasteiger partial charge in [0.25, 0.3) is 0 Å². The van der Waals surface area contributed by atoms with Crippen LogP contribution in [0.1, 0.15) is 112 Å². The van der Waals surface area contributed by atoms with Crippen LogP contribution in [-0.4, -0.2) is 21.1 Å². The number of nitrogens with zero attached hydrogens (tertiary/aromatic N) is 1. The molecule has 0 spiro atoms. The number of aromatic hydroxyl groups is 1. The van der Waals surface area contributed by atoms with E-state index >= 15 is 0 Å². The zero-order valence-electron chi connectivity index (χ0n) is 17.1. The van der Waals surface area contributed by atoms with Crippen molar-refractivity contribution >= 4 is 5.97 Å². The summed E-state index contributed by atoms with van der Waals surface area (Å²) in [4.78, 5) is 22.1. The largest absolute Gasteiger partial charge is 0.506 e. The van der Waals surface area contributed by atoms with Crippen LogP contribution >= 0.6 is 0 Å². The average molecular weight is 394 g/mol. The summed E-state index contributed by atoms with van der Waals surface area (Å²) in [6.45, 7) is 2.23. The van der Waals surface area contributed by atoms with Gasteiger partial charge in [0.1, 0.15) is 11.3 Å². The monoisotopic (exact) mass is 393 g/mol. The van der Waals surface area contributed by atoms with E-state index in [1.54, 1.807) is 0 Å². The molecule has 158 valence electrons. The van der Waals surface area contributed by atoms with Gasteiger partial charge in [0, 0.05) is 11.3 Å². The summed E-state index contributed by atoms with van der Waals surface area (Å²) in [6.07, 6.45) is 14.5. The van der Waals surface area contributed by atoms with E-state index in [0.29, 0.717) is 12.8 Å². The van der Waals surface area contributed by atoms with Crippen molar-refractivity contribution < 1.29 is 19.9 Å². The van der Waals surface area contributed by atoms with Gasteiger partial charge in [0.2, 0.25) is 6.04 Å². The smallest absolute Gasteiger partial charge is 0.339 e. The standard InChI is InChI=1S/C22H35NO5/c1-2-3-4-5-6-7-8-9-10-11-12-13-17-20(23(27)28)18-15-14-16-19(21(18)24)22(25)26/h14-16,20,24H,2-13,17H2,1H3,(H,25,26). The third-order valence-corrected chi connectivity index (χ3v) is 5.24. The Balaban J connectivity index is 2.28. The normalized spacial score (nSPS) is 12.0. The topological polar surface area (TPSA) is 101 Å². The highest BCUT2D eigenvalue weighted by Crippen LogP contribution is 2.33. The Morgan fingerprint density at radius 3 is 1.93 bits per heavy atom. The first-order chi connectivity index (χ1) is 13.5. The van der Waals surface area contributed by atoms with Crippen LogP contribution in [0, 0.1) is 10.1 Å². The second kappa shape index (κ2) is 14.0. The summed E-state index contributed by atoms with van der Waals surface area (Å²) in [5.41, 5.74) is -0.202. The Bertz CT molecular complexity index is 603. The lowest BCUT2D eigenvalue weighted by atomic mass is 9.97. The highest BCUT2D eigenvalue weighted by molar-refractivity contribution is 5.91. The van der Waals surface area contributed by atoms with E-state index in [1.807, 2.05) is 0 Å². The first-order valence-corrected chi connectivity index (χ1v) is 10.7. The Morgan fingerprint density at radius 2 is 1.46 bits per heavy atom. The van der Waals surface area contributed by atoms with Crippen molar-refractivity contribution in [1.82, 2.24) is 0 Å². The van der Waals surface area contributed by atoms with Gasteiger partial charge in [0.15, 0.2) is 0 Å². The molecule has 28 heavy (non-hydrogen) atoms. The number of hydrogen-bond donors (Lipinski definition) is 2. The van der Waals surface area contributed by atoms with Gasteiger partial charge in [-0.3, -0.25) is 10.1 Å². The molecular weight excluding hydrogens is 358 g/mol. The van der Waals surface area contributed by atoms with Gasteiger partial charge in [-0.2, -0.15) is 0 Å². The number of benzene rings is 1. The summed E-state index contributed by atoms with van der Waals surface area (Å²) in [5.74, 6) is -1.78. The maximum atomic E-state index is 11.4. The molecule has 6 nitrogen and oxygen atoms in total. The van der Waals surface area contributed by atoms with Gasteiger partial charge in [-0.05, 0) is 18.6 Å². The van der Waals surface area contributed by atoms with Crippen molar-refractivity contribution in [2.75, 3.05) is 0 Å². The molecule has 2 N–H and O–H groups in total. The zero-order chi connectivity index (χ0) is 20.8. The number of unbranched alkanes of at least 4 members (excludes halogenated alkanes) is 11. The predicted molar refractivity (Wildman–Crippen MR) is 110 cm³/mol. The molecule has 0 heterocycles. The number of nitro groups is 1. The molecule has 1 rings (SSSR count). The Labute approximate surface area is 168 Å². The molecule has 6 heteroatoms. The van der Waals surface area contributed by atoms with Crippen molar-refractivity contribution in [2.24, 2.45) is 0 Å². The van der Waals surface area contributed by atoms with E-state index in [2.05, 4.69) is 6.92 Å². The van der Waals surface area contributed by atoms with E-state index in [1.165, 1.54) is 69.6 Å². The number of carbonyl (C=O) groups is 1. The molecule has 0 aliphatic rings. The third-order valence-electron chi connectivity index (χ3n) is 5.24. The molecule has 0 aliphatic carbocycles. The molecule has 0 bridgehead atoms. The van der Waals surface area contributed by atoms with Gasteiger partial charge < -0.3 is 10.2 Å².